The number of hydrogen-bond acceptors (Lipinski definition) is 4. The lowest BCUT2D eigenvalue weighted by Crippen LogP contribution is -2.31. The molecule has 1 fully saturated rings. The van der Waals surface area contributed by atoms with Gasteiger partial charge in [-0.2, -0.15) is 0 Å². The van der Waals surface area contributed by atoms with Gasteiger partial charge in [-0.05, 0) is 49.6 Å². The largest absolute Gasteiger partial charge is 0.370 e. The third-order valence-corrected chi connectivity index (χ3v) is 6.58. The first-order chi connectivity index (χ1) is 13.8. The van der Waals surface area contributed by atoms with E-state index in [0.29, 0.717) is 22.1 Å². The topological polar surface area (TPSA) is 78.5 Å². The highest BCUT2D eigenvalue weighted by Crippen LogP contribution is 2.33. The first kappa shape index (κ1) is 21.5. The maximum absolute atomic E-state index is 13.3. The summed E-state index contributed by atoms with van der Waals surface area (Å²) in [5.41, 5.74) is 1.39. The minimum atomic E-state index is -3.92. The predicted octanol–water partition coefficient (Wildman–Crippen LogP) is 4.73. The lowest BCUT2D eigenvalue weighted by molar-refractivity contribution is -0.118. The molecule has 0 unspecified atom stereocenters. The Morgan fingerprint density at radius 2 is 1.76 bits per heavy atom. The minimum absolute atomic E-state index is 0.126. The van der Waals surface area contributed by atoms with Crippen LogP contribution in [-0.4, -0.2) is 27.4 Å². The molecule has 2 aromatic rings. The number of rotatable bonds is 6. The number of nitrogens with one attached hydrogen (secondary N) is 2. The van der Waals surface area contributed by atoms with Gasteiger partial charge in [0.05, 0.1) is 16.4 Å². The van der Waals surface area contributed by atoms with Crippen molar-refractivity contribution in [3.8, 4) is 0 Å². The van der Waals surface area contributed by atoms with Crippen LogP contribution >= 0.6 is 11.6 Å². The van der Waals surface area contributed by atoms with Gasteiger partial charge in [0.1, 0.15) is 4.90 Å². The summed E-state index contributed by atoms with van der Waals surface area (Å²) in [4.78, 5) is 14.3. The number of hydrogen-bond donors (Lipinski definition) is 2. The summed E-state index contributed by atoms with van der Waals surface area (Å²) in [6.07, 6.45) is 3.17. The van der Waals surface area contributed by atoms with Gasteiger partial charge in [-0.3, -0.25) is 9.52 Å². The molecule has 0 spiro atoms. The Balaban J connectivity index is 2.01. The molecule has 0 bridgehead atoms. The van der Waals surface area contributed by atoms with E-state index in [1.165, 1.54) is 6.07 Å². The van der Waals surface area contributed by atoms with Gasteiger partial charge in [0.25, 0.3) is 10.0 Å². The van der Waals surface area contributed by atoms with E-state index in [4.69, 9.17) is 11.6 Å². The van der Waals surface area contributed by atoms with Gasteiger partial charge in [0, 0.05) is 24.7 Å². The molecule has 3 rings (SSSR count). The molecule has 1 saturated heterocycles. The van der Waals surface area contributed by atoms with Crippen LogP contribution in [-0.2, 0) is 14.8 Å². The molecular formula is C21H26ClN3O3S. The number of amides is 1. The lowest BCUT2D eigenvalue weighted by atomic mass is 10.1. The van der Waals surface area contributed by atoms with Crippen LogP contribution in [0.2, 0.25) is 5.02 Å². The van der Waals surface area contributed by atoms with Crippen LogP contribution in [0, 0.1) is 5.92 Å². The maximum Gasteiger partial charge on any atom is 0.264 e. The molecule has 1 aliphatic heterocycles. The third kappa shape index (κ3) is 5.22. The Morgan fingerprint density at radius 1 is 1.07 bits per heavy atom. The number of anilines is 3. The molecule has 29 heavy (non-hydrogen) atoms. The third-order valence-electron chi connectivity index (χ3n) is 4.86. The normalized spacial score (nSPS) is 14.7. The molecule has 2 aromatic carbocycles. The summed E-state index contributed by atoms with van der Waals surface area (Å²) in [6, 6.07) is 11.7. The molecule has 0 aliphatic carbocycles. The SMILES string of the molecule is CC(C)C(=O)Nc1ccc(N2CCCCC2)c(S(=O)(=O)Nc2ccccc2Cl)c1. The van der Waals surface area contributed by atoms with Crippen molar-refractivity contribution in [2.24, 2.45) is 5.92 Å². The van der Waals surface area contributed by atoms with Crippen molar-refractivity contribution < 1.29 is 13.2 Å². The molecule has 1 heterocycles. The molecule has 6 nitrogen and oxygen atoms in total. The van der Waals surface area contributed by atoms with Gasteiger partial charge >= 0.3 is 0 Å². The van der Waals surface area contributed by atoms with E-state index in [1.54, 1.807) is 50.2 Å². The van der Waals surface area contributed by atoms with Crippen LogP contribution in [0.15, 0.2) is 47.4 Å². The van der Waals surface area contributed by atoms with Crippen molar-refractivity contribution in [1.29, 1.82) is 0 Å². The van der Waals surface area contributed by atoms with E-state index in [2.05, 4.69) is 14.9 Å². The van der Waals surface area contributed by atoms with Gasteiger partial charge in [-0.25, -0.2) is 8.42 Å². The summed E-state index contributed by atoms with van der Waals surface area (Å²) >= 11 is 6.15. The van der Waals surface area contributed by atoms with E-state index in [-0.39, 0.29) is 16.7 Å². The first-order valence-electron chi connectivity index (χ1n) is 9.75. The van der Waals surface area contributed by atoms with Gasteiger partial charge in [-0.15, -0.1) is 0 Å². The second-order valence-corrected chi connectivity index (χ2v) is 9.52. The Labute approximate surface area is 177 Å². The van der Waals surface area contributed by atoms with Crippen LogP contribution in [0.5, 0.6) is 0 Å². The fraction of sp³-hybridized carbons (Fsp3) is 0.381. The van der Waals surface area contributed by atoms with Crippen LogP contribution in [0.25, 0.3) is 0 Å². The molecule has 156 valence electrons. The van der Waals surface area contributed by atoms with E-state index in [0.717, 1.165) is 32.4 Å². The van der Waals surface area contributed by atoms with Crippen LogP contribution < -0.4 is 14.9 Å². The number of para-hydroxylation sites is 1. The van der Waals surface area contributed by atoms with Gasteiger partial charge in [-0.1, -0.05) is 37.6 Å². The molecule has 1 aliphatic rings. The Kier molecular flexibility index (Phi) is 6.70. The smallest absolute Gasteiger partial charge is 0.264 e. The number of benzene rings is 2. The molecule has 0 saturated carbocycles. The average molecular weight is 436 g/mol. The van der Waals surface area contributed by atoms with E-state index in [1.807, 2.05) is 0 Å². The second kappa shape index (κ2) is 9.05. The number of carbonyl (C=O) groups is 1. The van der Waals surface area contributed by atoms with E-state index >= 15 is 0 Å². The first-order valence-corrected chi connectivity index (χ1v) is 11.6. The van der Waals surface area contributed by atoms with Crippen molar-refractivity contribution in [1.82, 2.24) is 0 Å². The Bertz CT molecular complexity index is 986. The summed E-state index contributed by atoms with van der Waals surface area (Å²) in [7, 11) is -3.92. The number of nitrogens with zero attached hydrogens (tertiary/aromatic N) is 1. The zero-order valence-electron chi connectivity index (χ0n) is 16.6. The number of piperidine rings is 1. The fourth-order valence-electron chi connectivity index (χ4n) is 3.23. The summed E-state index contributed by atoms with van der Waals surface area (Å²) in [6.45, 7) is 5.17. The van der Waals surface area contributed by atoms with Crippen molar-refractivity contribution in [3.05, 3.63) is 47.5 Å². The number of halogens is 1. The molecule has 1 amide bonds. The molecule has 8 heteroatoms. The molecular weight excluding hydrogens is 410 g/mol. The Hall–Kier alpha value is -2.25. The van der Waals surface area contributed by atoms with E-state index < -0.39 is 10.0 Å². The Morgan fingerprint density at radius 3 is 2.41 bits per heavy atom. The number of carbonyl (C=O) groups excluding carboxylic acids is 1. The highest BCUT2D eigenvalue weighted by Gasteiger charge is 2.25. The van der Waals surface area contributed by atoms with Crippen LogP contribution in [0.4, 0.5) is 17.1 Å². The van der Waals surface area contributed by atoms with Gasteiger partial charge in [0.15, 0.2) is 0 Å². The fourth-order valence-corrected chi connectivity index (χ4v) is 4.80. The second-order valence-electron chi connectivity index (χ2n) is 7.46. The van der Waals surface area contributed by atoms with Gasteiger partial charge in [0.2, 0.25) is 5.91 Å². The number of sulfonamides is 1. The molecule has 2 N–H and O–H groups in total. The molecule has 0 radical (unpaired) electrons. The predicted molar refractivity (Wildman–Crippen MR) is 118 cm³/mol. The van der Waals surface area contributed by atoms with Gasteiger partial charge < -0.3 is 10.2 Å². The van der Waals surface area contributed by atoms with Crippen LogP contribution in [0.1, 0.15) is 33.1 Å². The van der Waals surface area contributed by atoms with Crippen molar-refractivity contribution in [2.75, 3.05) is 28.0 Å². The van der Waals surface area contributed by atoms with Crippen molar-refractivity contribution in [2.45, 2.75) is 38.0 Å². The zero-order valence-corrected chi connectivity index (χ0v) is 18.2. The minimum Gasteiger partial charge on any atom is -0.370 e. The quantitative estimate of drug-likeness (QED) is 0.687. The maximum atomic E-state index is 13.3. The highest BCUT2D eigenvalue weighted by molar-refractivity contribution is 7.93. The summed E-state index contributed by atoms with van der Waals surface area (Å²) in [5.74, 6) is -0.379. The zero-order chi connectivity index (χ0) is 21.0. The van der Waals surface area contributed by atoms with E-state index in [9.17, 15) is 13.2 Å². The average Bonchev–Trinajstić information content (AvgIpc) is 2.70. The van der Waals surface area contributed by atoms with Crippen molar-refractivity contribution >= 4 is 44.6 Å². The molecule has 0 atom stereocenters. The monoisotopic (exact) mass is 435 g/mol. The summed E-state index contributed by atoms with van der Waals surface area (Å²) in [5, 5.41) is 3.10. The standard InChI is InChI=1S/C21H26ClN3O3S/c1-15(2)21(26)23-16-10-11-19(25-12-6-3-7-13-25)20(14-16)29(27,28)24-18-9-5-4-8-17(18)22/h4-5,8-11,14-15,24H,3,6-7,12-13H2,1-2H3,(H,23,26). The van der Waals surface area contributed by atoms with Crippen LogP contribution in [0.3, 0.4) is 0 Å². The lowest BCUT2D eigenvalue weighted by Gasteiger charge is -2.30. The summed E-state index contributed by atoms with van der Waals surface area (Å²) < 4.78 is 29.1. The highest BCUT2D eigenvalue weighted by atomic mass is 35.5. The molecule has 0 aromatic heterocycles. The van der Waals surface area contributed by atoms with Crippen molar-refractivity contribution in [3.63, 3.8) is 0 Å².